The van der Waals surface area contributed by atoms with E-state index in [0.717, 1.165) is 11.3 Å². The van der Waals surface area contributed by atoms with Gasteiger partial charge in [0.1, 0.15) is 0 Å². The van der Waals surface area contributed by atoms with E-state index in [-0.39, 0.29) is 12.4 Å². The predicted molar refractivity (Wildman–Crippen MR) is 76.3 cm³/mol. The molecular formula is C15H21NO4. The number of β-amino-alcohol motifs (C(OH)–C–C–N with tert-alkyl or cyclic N) is 1. The van der Waals surface area contributed by atoms with Crippen LogP contribution in [0.1, 0.15) is 16.8 Å². The standard InChI is InChI=1S/C15H21NO4/c1-19-8-9-20-11-12(17)10-16-7-6-15(18)13-4-2-3-5-14(13)16/h2-5,12,17H,6-11H2,1H3. The molecule has 2 rings (SSSR count). The summed E-state index contributed by atoms with van der Waals surface area (Å²) in [6, 6.07) is 7.53. The Morgan fingerprint density at radius 3 is 2.95 bits per heavy atom. The van der Waals surface area contributed by atoms with Crippen molar-refractivity contribution >= 4 is 11.5 Å². The third-order valence-corrected chi connectivity index (χ3v) is 3.33. The van der Waals surface area contributed by atoms with Gasteiger partial charge in [0.15, 0.2) is 5.78 Å². The molecule has 0 saturated heterocycles. The lowest BCUT2D eigenvalue weighted by Gasteiger charge is -2.32. The lowest BCUT2D eigenvalue weighted by molar-refractivity contribution is 0.0160. The molecular weight excluding hydrogens is 258 g/mol. The molecule has 0 spiro atoms. The van der Waals surface area contributed by atoms with Crippen molar-refractivity contribution in [3.8, 4) is 0 Å². The number of fused-ring (bicyclic) bond motifs is 1. The zero-order chi connectivity index (χ0) is 14.4. The second kappa shape index (κ2) is 7.38. The highest BCUT2D eigenvalue weighted by atomic mass is 16.5. The molecule has 1 aliphatic heterocycles. The van der Waals surface area contributed by atoms with Crippen LogP contribution in [0.3, 0.4) is 0 Å². The number of aliphatic hydroxyl groups is 1. The molecule has 1 atom stereocenters. The van der Waals surface area contributed by atoms with Crippen LogP contribution in [-0.2, 0) is 9.47 Å². The van der Waals surface area contributed by atoms with Crippen LogP contribution in [0.5, 0.6) is 0 Å². The molecule has 1 aliphatic rings. The van der Waals surface area contributed by atoms with Gasteiger partial charge in [0.25, 0.3) is 0 Å². The number of ether oxygens (including phenoxy) is 2. The number of para-hydroxylation sites is 1. The third-order valence-electron chi connectivity index (χ3n) is 3.33. The van der Waals surface area contributed by atoms with Gasteiger partial charge in [0.2, 0.25) is 0 Å². The smallest absolute Gasteiger partial charge is 0.166 e. The van der Waals surface area contributed by atoms with Gasteiger partial charge >= 0.3 is 0 Å². The minimum Gasteiger partial charge on any atom is -0.389 e. The van der Waals surface area contributed by atoms with E-state index in [1.807, 2.05) is 29.2 Å². The fourth-order valence-corrected chi connectivity index (χ4v) is 2.34. The first kappa shape index (κ1) is 15.0. The highest BCUT2D eigenvalue weighted by Crippen LogP contribution is 2.26. The SMILES string of the molecule is COCCOCC(O)CN1CCC(=O)c2ccccc21. The monoisotopic (exact) mass is 279 g/mol. The van der Waals surface area contributed by atoms with Crippen molar-refractivity contribution < 1.29 is 19.4 Å². The highest BCUT2D eigenvalue weighted by Gasteiger charge is 2.23. The molecule has 5 nitrogen and oxygen atoms in total. The number of benzene rings is 1. The van der Waals surface area contributed by atoms with Crippen LogP contribution in [0.25, 0.3) is 0 Å². The molecule has 20 heavy (non-hydrogen) atoms. The Labute approximate surface area is 119 Å². The van der Waals surface area contributed by atoms with Gasteiger partial charge in [-0.15, -0.1) is 0 Å². The van der Waals surface area contributed by atoms with Gasteiger partial charge in [0.05, 0.1) is 25.9 Å². The molecule has 0 aromatic heterocycles. The van der Waals surface area contributed by atoms with Crippen LogP contribution in [0.4, 0.5) is 5.69 Å². The Balaban J connectivity index is 1.90. The second-order valence-electron chi connectivity index (χ2n) is 4.86. The number of hydrogen-bond donors (Lipinski definition) is 1. The Morgan fingerprint density at radius 1 is 1.35 bits per heavy atom. The van der Waals surface area contributed by atoms with E-state index in [0.29, 0.717) is 32.7 Å². The zero-order valence-electron chi connectivity index (χ0n) is 11.7. The maximum atomic E-state index is 11.8. The first-order valence-corrected chi connectivity index (χ1v) is 6.84. The number of Topliss-reactive ketones (excluding diaryl/α,β-unsaturated/α-hetero) is 1. The van der Waals surface area contributed by atoms with E-state index in [1.54, 1.807) is 7.11 Å². The highest BCUT2D eigenvalue weighted by molar-refractivity contribution is 6.03. The number of carbonyl (C=O) groups is 1. The summed E-state index contributed by atoms with van der Waals surface area (Å²) in [5, 5.41) is 10.00. The summed E-state index contributed by atoms with van der Waals surface area (Å²) in [5.74, 6) is 0.169. The maximum Gasteiger partial charge on any atom is 0.166 e. The lowest BCUT2D eigenvalue weighted by atomic mass is 10.0. The van der Waals surface area contributed by atoms with Crippen LogP contribution in [0, 0.1) is 0 Å². The molecule has 1 heterocycles. The van der Waals surface area contributed by atoms with Gasteiger partial charge in [-0.25, -0.2) is 0 Å². The normalized spacial score (nSPS) is 16.1. The van der Waals surface area contributed by atoms with Crippen molar-refractivity contribution in [1.82, 2.24) is 0 Å². The summed E-state index contributed by atoms with van der Waals surface area (Å²) in [4.78, 5) is 13.9. The molecule has 1 unspecified atom stereocenters. The minimum absolute atomic E-state index is 0.169. The van der Waals surface area contributed by atoms with Crippen molar-refractivity contribution in [2.75, 3.05) is 44.9 Å². The summed E-state index contributed by atoms with van der Waals surface area (Å²) >= 11 is 0. The fourth-order valence-electron chi connectivity index (χ4n) is 2.34. The fraction of sp³-hybridized carbons (Fsp3) is 0.533. The van der Waals surface area contributed by atoms with Gasteiger partial charge in [0, 0.05) is 37.9 Å². The summed E-state index contributed by atoms with van der Waals surface area (Å²) in [6.07, 6.45) is -0.0815. The van der Waals surface area contributed by atoms with Crippen molar-refractivity contribution in [2.24, 2.45) is 0 Å². The number of hydrogen-bond acceptors (Lipinski definition) is 5. The number of rotatable bonds is 7. The summed E-state index contributed by atoms with van der Waals surface area (Å²) in [5.41, 5.74) is 1.64. The average Bonchev–Trinajstić information content (AvgIpc) is 2.47. The van der Waals surface area contributed by atoms with Gasteiger partial charge in [-0.05, 0) is 12.1 Å². The van der Waals surface area contributed by atoms with E-state index >= 15 is 0 Å². The van der Waals surface area contributed by atoms with Crippen LogP contribution >= 0.6 is 0 Å². The quantitative estimate of drug-likeness (QED) is 0.758. The molecule has 0 amide bonds. The topological polar surface area (TPSA) is 59.0 Å². The first-order chi connectivity index (χ1) is 9.72. The summed E-state index contributed by atoms with van der Waals surface area (Å²) in [6.45, 7) is 2.38. The summed E-state index contributed by atoms with van der Waals surface area (Å²) in [7, 11) is 1.61. The van der Waals surface area contributed by atoms with E-state index in [4.69, 9.17) is 9.47 Å². The van der Waals surface area contributed by atoms with Crippen molar-refractivity contribution in [3.05, 3.63) is 29.8 Å². The molecule has 0 saturated carbocycles. The van der Waals surface area contributed by atoms with Crippen LogP contribution in [-0.4, -0.2) is 57.0 Å². The largest absolute Gasteiger partial charge is 0.389 e. The van der Waals surface area contributed by atoms with Crippen LogP contribution < -0.4 is 4.90 Å². The number of ketones is 1. The van der Waals surface area contributed by atoms with Crippen molar-refractivity contribution in [1.29, 1.82) is 0 Å². The summed E-state index contributed by atoms with van der Waals surface area (Å²) < 4.78 is 10.2. The number of anilines is 1. The number of aliphatic hydroxyl groups excluding tert-OH is 1. The zero-order valence-corrected chi connectivity index (χ0v) is 11.7. The molecule has 1 aromatic rings. The molecule has 0 aliphatic carbocycles. The Morgan fingerprint density at radius 2 is 2.15 bits per heavy atom. The number of methoxy groups -OCH3 is 1. The van der Waals surface area contributed by atoms with Gasteiger partial charge in [-0.3, -0.25) is 4.79 Å². The third kappa shape index (κ3) is 3.79. The number of nitrogens with zero attached hydrogens (tertiary/aromatic N) is 1. The van der Waals surface area contributed by atoms with E-state index < -0.39 is 6.10 Å². The lowest BCUT2D eigenvalue weighted by Crippen LogP contribution is -2.39. The van der Waals surface area contributed by atoms with Gasteiger partial charge < -0.3 is 19.5 Å². The minimum atomic E-state index is -0.576. The Hall–Kier alpha value is -1.43. The Bertz CT molecular complexity index is 449. The average molecular weight is 279 g/mol. The molecule has 0 radical (unpaired) electrons. The first-order valence-electron chi connectivity index (χ1n) is 6.84. The molecule has 1 aromatic carbocycles. The van der Waals surface area contributed by atoms with Crippen molar-refractivity contribution in [3.63, 3.8) is 0 Å². The van der Waals surface area contributed by atoms with Gasteiger partial charge in [-0.1, -0.05) is 12.1 Å². The molecule has 0 bridgehead atoms. The van der Waals surface area contributed by atoms with E-state index in [9.17, 15) is 9.90 Å². The molecule has 110 valence electrons. The maximum absolute atomic E-state index is 11.8. The predicted octanol–water partition coefficient (Wildman–Crippen LogP) is 1.10. The van der Waals surface area contributed by atoms with Crippen LogP contribution in [0.2, 0.25) is 0 Å². The molecule has 0 fully saturated rings. The van der Waals surface area contributed by atoms with E-state index in [2.05, 4.69) is 0 Å². The second-order valence-corrected chi connectivity index (χ2v) is 4.86. The van der Waals surface area contributed by atoms with E-state index in [1.165, 1.54) is 0 Å². The number of carbonyl (C=O) groups excluding carboxylic acids is 1. The Kier molecular flexibility index (Phi) is 5.52. The van der Waals surface area contributed by atoms with Gasteiger partial charge in [-0.2, -0.15) is 0 Å². The van der Waals surface area contributed by atoms with Crippen LogP contribution in [0.15, 0.2) is 24.3 Å². The molecule has 1 N–H and O–H groups in total. The van der Waals surface area contributed by atoms with Crippen molar-refractivity contribution in [2.45, 2.75) is 12.5 Å². The molecule has 5 heteroatoms.